The number of hydrogen-bond acceptors (Lipinski definition) is 3. The van der Waals surface area contributed by atoms with Gasteiger partial charge in [-0.05, 0) is 0 Å². The van der Waals surface area contributed by atoms with Crippen LogP contribution < -0.4 is 0 Å². The second-order valence-electron chi connectivity index (χ2n) is 2.90. The van der Waals surface area contributed by atoms with Gasteiger partial charge in [-0.3, -0.25) is 4.57 Å². The fourth-order valence-corrected chi connectivity index (χ4v) is 2.33. The van der Waals surface area contributed by atoms with Crippen LogP contribution in [-0.2, 0) is 19.6 Å². The molecule has 0 heterocycles. The number of methoxy groups -OCH3 is 2. The van der Waals surface area contributed by atoms with Crippen LogP contribution in [0.1, 0.15) is 5.56 Å². The van der Waals surface area contributed by atoms with Gasteiger partial charge in [0, 0.05) is 19.8 Å². The van der Waals surface area contributed by atoms with Gasteiger partial charge < -0.3 is 19.3 Å². The van der Waals surface area contributed by atoms with E-state index >= 15 is 0 Å². The lowest BCUT2D eigenvalue weighted by molar-refractivity contribution is -0.162. The Morgan fingerprint density at radius 1 is 1.13 bits per heavy atom. The van der Waals surface area contributed by atoms with Crippen molar-refractivity contribution in [3.63, 3.8) is 0 Å². The first kappa shape index (κ1) is 12.4. The lowest BCUT2D eigenvalue weighted by Crippen LogP contribution is -2.30. The molecule has 0 saturated carbocycles. The van der Waals surface area contributed by atoms with Crippen molar-refractivity contribution >= 4 is 7.60 Å². The normalized spacial score (nSPS) is 12.8. The van der Waals surface area contributed by atoms with Gasteiger partial charge in [0.1, 0.15) is 0 Å². The topological polar surface area (TPSA) is 76.0 Å². The van der Waals surface area contributed by atoms with Gasteiger partial charge in [0.2, 0.25) is 0 Å². The Balaban J connectivity index is 3.31. The highest BCUT2D eigenvalue weighted by Gasteiger charge is 2.50. The molecule has 2 N–H and O–H groups in total. The lowest BCUT2D eigenvalue weighted by atomic mass is 10.2. The fraction of sp³-hybridized carbons (Fsp3) is 0.333. The molecule has 0 saturated heterocycles. The van der Waals surface area contributed by atoms with Crippen LogP contribution >= 0.6 is 7.60 Å². The lowest BCUT2D eigenvalue weighted by Gasteiger charge is -2.31. The maximum absolute atomic E-state index is 11.4. The predicted octanol–water partition coefficient (Wildman–Crippen LogP) is 1.27. The summed E-state index contributed by atoms with van der Waals surface area (Å²) in [6.07, 6.45) is 0. The summed E-state index contributed by atoms with van der Waals surface area (Å²) in [6, 6.07) is 8.10. The Labute approximate surface area is 87.8 Å². The van der Waals surface area contributed by atoms with Gasteiger partial charge in [-0.15, -0.1) is 0 Å². The largest absolute Gasteiger partial charge is 0.389 e. The maximum atomic E-state index is 11.4. The van der Waals surface area contributed by atoms with E-state index in [1.165, 1.54) is 26.4 Å². The van der Waals surface area contributed by atoms with Crippen LogP contribution in [0, 0.1) is 0 Å². The summed E-state index contributed by atoms with van der Waals surface area (Å²) in [4.78, 5) is 18.5. The smallest absolute Gasteiger partial charge is 0.340 e. The standard InChI is InChI=1S/C9H13O5P/c1-13-9(14-2,15(10,11)12)8-6-4-3-5-7-8/h3-7H,1-2H3,(H2,10,11,12). The molecule has 5 nitrogen and oxygen atoms in total. The van der Waals surface area contributed by atoms with Crippen LogP contribution in [0.2, 0.25) is 0 Å². The molecule has 1 aromatic rings. The molecular formula is C9H13O5P. The van der Waals surface area contributed by atoms with Gasteiger partial charge in [-0.1, -0.05) is 30.3 Å². The molecule has 1 rings (SSSR count). The van der Waals surface area contributed by atoms with Crippen molar-refractivity contribution in [3.05, 3.63) is 35.9 Å². The average molecular weight is 232 g/mol. The fourth-order valence-electron chi connectivity index (χ4n) is 1.37. The monoisotopic (exact) mass is 232 g/mol. The number of benzene rings is 1. The molecule has 0 fully saturated rings. The Kier molecular flexibility index (Phi) is 3.65. The van der Waals surface area contributed by atoms with E-state index < -0.39 is 13.1 Å². The van der Waals surface area contributed by atoms with Gasteiger partial charge in [0.25, 0.3) is 5.53 Å². The van der Waals surface area contributed by atoms with Crippen molar-refractivity contribution in [2.24, 2.45) is 0 Å². The third kappa shape index (κ3) is 2.12. The first-order chi connectivity index (χ1) is 6.98. The summed E-state index contributed by atoms with van der Waals surface area (Å²) in [7, 11) is -2.19. The molecule has 0 spiro atoms. The Hall–Kier alpha value is -0.710. The van der Waals surface area contributed by atoms with Crippen LogP contribution in [0.15, 0.2) is 30.3 Å². The number of rotatable bonds is 4. The molecule has 0 atom stereocenters. The van der Waals surface area contributed by atoms with E-state index in [2.05, 4.69) is 0 Å². The molecule has 0 amide bonds. The van der Waals surface area contributed by atoms with Gasteiger partial charge >= 0.3 is 7.60 Å². The highest BCUT2D eigenvalue weighted by Crippen LogP contribution is 2.57. The third-order valence-electron chi connectivity index (χ3n) is 2.08. The van der Waals surface area contributed by atoms with E-state index in [0.29, 0.717) is 0 Å². The summed E-state index contributed by atoms with van der Waals surface area (Å²) >= 11 is 0. The molecule has 0 aliphatic carbocycles. The van der Waals surface area contributed by atoms with Crippen LogP contribution in [0.25, 0.3) is 0 Å². The molecular weight excluding hydrogens is 219 g/mol. The van der Waals surface area contributed by atoms with Gasteiger partial charge in [0.05, 0.1) is 0 Å². The van der Waals surface area contributed by atoms with E-state index in [0.717, 1.165) is 0 Å². The Morgan fingerprint density at radius 3 is 1.93 bits per heavy atom. The molecule has 0 bridgehead atoms. The minimum absolute atomic E-state index is 0.281. The summed E-state index contributed by atoms with van der Waals surface area (Å²) in [5, 5.41) is 0. The summed E-state index contributed by atoms with van der Waals surface area (Å²) in [6.45, 7) is 0. The van der Waals surface area contributed by atoms with E-state index in [9.17, 15) is 14.4 Å². The molecule has 0 aliphatic rings. The number of hydrogen-bond donors (Lipinski definition) is 2. The van der Waals surface area contributed by atoms with Crippen LogP contribution in [0.4, 0.5) is 0 Å². The molecule has 84 valence electrons. The van der Waals surface area contributed by atoms with Gasteiger partial charge in [-0.2, -0.15) is 0 Å². The molecule has 0 radical (unpaired) electrons. The quantitative estimate of drug-likeness (QED) is 0.603. The zero-order valence-corrected chi connectivity index (χ0v) is 9.35. The maximum Gasteiger partial charge on any atom is 0.389 e. The zero-order valence-electron chi connectivity index (χ0n) is 8.45. The van der Waals surface area contributed by atoms with Crippen molar-refractivity contribution in [3.8, 4) is 0 Å². The van der Waals surface area contributed by atoms with E-state index in [1.807, 2.05) is 0 Å². The minimum Gasteiger partial charge on any atom is -0.340 e. The van der Waals surface area contributed by atoms with Crippen LogP contribution in [0.3, 0.4) is 0 Å². The van der Waals surface area contributed by atoms with Crippen molar-refractivity contribution in [1.82, 2.24) is 0 Å². The Morgan fingerprint density at radius 2 is 1.60 bits per heavy atom. The summed E-state index contributed by atoms with van der Waals surface area (Å²) in [5.74, 6) is 0. The van der Waals surface area contributed by atoms with Crippen molar-refractivity contribution in [2.75, 3.05) is 14.2 Å². The summed E-state index contributed by atoms with van der Waals surface area (Å²) < 4.78 is 21.1. The predicted molar refractivity (Wildman–Crippen MR) is 54.2 cm³/mol. The second kappa shape index (κ2) is 4.43. The zero-order chi connectivity index (χ0) is 11.5. The van der Waals surface area contributed by atoms with Crippen LogP contribution in [0.5, 0.6) is 0 Å². The highest BCUT2D eigenvalue weighted by molar-refractivity contribution is 7.52. The van der Waals surface area contributed by atoms with E-state index in [-0.39, 0.29) is 5.56 Å². The van der Waals surface area contributed by atoms with Crippen molar-refractivity contribution in [1.29, 1.82) is 0 Å². The molecule has 1 aromatic carbocycles. The molecule has 0 unspecified atom stereocenters. The van der Waals surface area contributed by atoms with Gasteiger partial charge in [0.15, 0.2) is 0 Å². The SMILES string of the molecule is COC(OC)(c1ccccc1)P(=O)(O)O. The minimum atomic E-state index is -4.57. The third-order valence-corrected chi connectivity index (χ3v) is 3.47. The molecule has 6 heteroatoms. The van der Waals surface area contributed by atoms with E-state index in [4.69, 9.17) is 9.47 Å². The first-order valence-electron chi connectivity index (χ1n) is 4.19. The average Bonchev–Trinajstić information content (AvgIpc) is 2.20. The highest BCUT2D eigenvalue weighted by atomic mass is 31.2. The molecule has 0 aliphatic heterocycles. The second-order valence-corrected chi connectivity index (χ2v) is 4.58. The van der Waals surface area contributed by atoms with Crippen molar-refractivity contribution in [2.45, 2.75) is 5.53 Å². The van der Waals surface area contributed by atoms with Crippen LogP contribution in [-0.4, -0.2) is 24.0 Å². The van der Waals surface area contributed by atoms with Crippen molar-refractivity contribution < 1.29 is 23.8 Å². The van der Waals surface area contributed by atoms with E-state index in [1.54, 1.807) is 18.2 Å². The molecule has 15 heavy (non-hydrogen) atoms. The summed E-state index contributed by atoms with van der Waals surface area (Å²) in [5.41, 5.74) is -1.74. The first-order valence-corrected chi connectivity index (χ1v) is 5.80. The number of ether oxygens (including phenoxy) is 2. The molecule has 0 aromatic heterocycles. The Bertz CT molecular complexity index is 354. The van der Waals surface area contributed by atoms with Gasteiger partial charge in [-0.25, -0.2) is 0 Å².